The minimum atomic E-state index is -4.34. The number of alkyl halides is 3. The Balaban J connectivity index is 0.00000264. The van der Waals surface area contributed by atoms with Gasteiger partial charge in [0.15, 0.2) is 0 Å². The van der Waals surface area contributed by atoms with Gasteiger partial charge in [0.1, 0.15) is 0 Å². The van der Waals surface area contributed by atoms with Crippen molar-refractivity contribution in [1.29, 1.82) is 0 Å². The van der Waals surface area contributed by atoms with Gasteiger partial charge in [-0.25, -0.2) is 0 Å². The SMILES string of the molecule is CC(C)C[C@@H](c1cc(C(F)(F)F)ccc1Cl)N1CCNCC1.Cl. The molecule has 23 heavy (non-hydrogen) atoms. The summed E-state index contributed by atoms with van der Waals surface area (Å²) in [5.74, 6) is 0.380. The number of nitrogens with zero attached hydrogens (tertiary/aromatic N) is 1. The molecule has 2 rings (SSSR count). The summed E-state index contributed by atoms with van der Waals surface area (Å²) in [4.78, 5) is 2.23. The van der Waals surface area contributed by atoms with Crippen LogP contribution in [-0.2, 0) is 6.18 Å². The lowest BCUT2D eigenvalue weighted by molar-refractivity contribution is -0.137. The van der Waals surface area contributed by atoms with Crippen LogP contribution in [0.3, 0.4) is 0 Å². The van der Waals surface area contributed by atoms with Crippen molar-refractivity contribution in [1.82, 2.24) is 10.2 Å². The Morgan fingerprint density at radius 3 is 2.35 bits per heavy atom. The summed E-state index contributed by atoms with van der Waals surface area (Å²) in [6, 6.07) is 3.57. The predicted octanol–water partition coefficient (Wildman–Crippen LogP) is 4.77. The zero-order chi connectivity index (χ0) is 16.3. The van der Waals surface area contributed by atoms with E-state index in [1.807, 2.05) is 0 Å². The van der Waals surface area contributed by atoms with Gasteiger partial charge < -0.3 is 5.32 Å². The molecule has 1 aromatic carbocycles. The molecule has 0 aromatic heterocycles. The van der Waals surface area contributed by atoms with Crippen LogP contribution in [0.5, 0.6) is 0 Å². The van der Waals surface area contributed by atoms with Gasteiger partial charge >= 0.3 is 6.18 Å². The van der Waals surface area contributed by atoms with E-state index in [4.69, 9.17) is 11.6 Å². The quantitative estimate of drug-likeness (QED) is 0.820. The third-order valence-corrected chi connectivity index (χ3v) is 4.31. The van der Waals surface area contributed by atoms with Crippen molar-refractivity contribution < 1.29 is 13.2 Å². The van der Waals surface area contributed by atoms with E-state index in [1.54, 1.807) is 0 Å². The molecular formula is C16H23Cl2F3N2. The van der Waals surface area contributed by atoms with Crippen LogP contribution in [-0.4, -0.2) is 31.1 Å². The molecule has 7 heteroatoms. The number of rotatable bonds is 4. The van der Waals surface area contributed by atoms with Crippen LogP contribution in [0, 0.1) is 5.92 Å². The van der Waals surface area contributed by atoms with Crippen molar-refractivity contribution in [3.8, 4) is 0 Å². The summed E-state index contributed by atoms with van der Waals surface area (Å²) in [5.41, 5.74) is -0.0390. The molecule has 132 valence electrons. The Morgan fingerprint density at radius 2 is 1.83 bits per heavy atom. The normalized spacial score (nSPS) is 17.9. The predicted molar refractivity (Wildman–Crippen MR) is 90.3 cm³/mol. The topological polar surface area (TPSA) is 15.3 Å². The first-order chi connectivity index (χ1) is 10.3. The second-order valence-electron chi connectivity index (χ2n) is 6.17. The average molecular weight is 371 g/mol. The van der Waals surface area contributed by atoms with Gasteiger partial charge in [0.25, 0.3) is 0 Å². The smallest absolute Gasteiger partial charge is 0.314 e. The summed E-state index contributed by atoms with van der Waals surface area (Å²) in [5, 5.41) is 3.68. The molecule has 1 heterocycles. The molecule has 0 saturated carbocycles. The first kappa shape index (κ1) is 20.6. The van der Waals surface area contributed by atoms with Gasteiger partial charge in [-0.15, -0.1) is 12.4 Å². The monoisotopic (exact) mass is 370 g/mol. The van der Waals surface area contributed by atoms with Gasteiger partial charge in [-0.05, 0) is 36.1 Å². The third-order valence-electron chi connectivity index (χ3n) is 3.97. The Morgan fingerprint density at radius 1 is 1.22 bits per heavy atom. The number of nitrogens with one attached hydrogen (secondary N) is 1. The largest absolute Gasteiger partial charge is 0.416 e. The van der Waals surface area contributed by atoms with Crippen LogP contribution in [0.4, 0.5) is 13.2 Å². The molecule has 1 aliphatic rings. The van der Waals surface area contributed by atoms with Gasteiger partial charge in [-0.3, -0.25) is 4.90 Å². The van der Waals surface area contributed by atoms with E-state index in [1.165, 1.54) is 12.1 Å². The van der Waals surface area contributed by atoms with Crippen molar-refractivity contribution in [2.24, 2.45) is 5.92 Å². The minimum Gasteiger partial charge on any atom is -0.314 e. The van der Waals surface area contributed by atoms with Crippen molar-refractivity contribution in [3.63, 3.8) is 0 Å². The zero-order valence-electron chi connectivity index (χ0n) is 13.3. The van der Waals surface area contributed by atoms with Crippen LogP contribution in [0.2, 0.25) is 5.02 Å². The van der Waals surface area contributed by atoms with E-state index in [-0.39, 0.29) is 18.4 Å². The Kier molecular flexibility index (Phi) is 7.65. The summed E-state index contributed by atoms with van der Waals surface area (Å²) >= 11 is 6.23. The Labute approximate surface area is 146 Å². The van der Waals surface area contributed by atoms with E-state index in [9.17, 15) is 13.2 Å². The first-order valence-electron chi connectivity index (χ1n) is 7.60. The molecular weight excluding hydrogens is 348 g/mol. The van der Waals surface area contributed by atoms with E-state index in [2.05, 4.69) is 24.1 Å². The van der Waals surface area contributed by atoms with Crippen molar-refractivity contribution in [3.05, 3.63) is 34.3 Å². The number of benzene rings is 1. The van der Waals surface area contributed by atoms with Crippen LogP contribution in [0.25, 0.3) is 0 Å². The van der Waals surface area contributed by atoms with Crippen LogP contribution in [0.15, 0.2) is 18.2 Å². The van der Waals surface area contributed by atoms with E-state index in [0.717, 1.165) is 38.7 Å². The lowest BCUT2D eigenvalue weighted by Crippen LogP contribution is -2.45. The summed E-state index contributed by atoms with van der Waals surface area (Å²) in [6.07, 6.45) is -3.55. The fourth-order valence-electron chi connectivity index (χ4n) is 2.89. The summed E-state index contributed by atoms with van der Waals surface area (Å²) in [6.45, 7) is 7.51. The number of hydrogen-bond acceptors (Lipinski definition) is 2. The highest BCUT2D eigenvalue weighted by Gasteiger charge is 2.33. The minimum absolute atomic E-state index is 0. The highest BCUT2D eigenvalue weighted by molar-refractivity contribution is 6.31. The van der Waals surface area contributed by atoms with Gasteiger partial charge in [-0.1, -0.05) is 25.4 Å². The molecule has 1 aliphatic heterocycles. The van der Waals surface area contributed by atoms with Crippen LogP contribution in [0.1, 0.15) is 37.4 Å². The number of halogens is 5. The van der Waals surface area contributed by atoms with Gasteiger partial charge in [-0.2, -0.15) is 13.2 Å². The summed E-state index contributed by atoms with van der Waals surface area (Å²) < 4.78 is 39.0. The molecule has 1 aromatic rings. The maximum Gasteiger partial charge on any atom is 0.416 e. The van der Waals surface area contributed by atoms with E-state index < -0.39 is 11.7 Å². The summed E-state index contributed by atoms with van der Waals surface area (Å²) in [7, 11) is 0. The maximum absolute atomic E-state index is 13.0. The Bertz CT molecular complexity index is 501. The van der Waals surface area contributed by atoms with Gasteiger partial charge in [0, 0.05) is 37.2 Å². The molecule has 0 bridgehead atoms. The van der Waals surface area contributed by atoms with Crippen LogP contribution >= 0.6 is 24.0 Å². The molecule has 0 radical (unpaired) electrons. The highest BCUT2D eigenvalue weighted by atomic mass is 35.5. The second kappa shape index (κ2) is 8.56. The van der Waals surface area contributed by atoms with Crippen molar-refractivity contribution >= 4 is 24.0 Å². The lowest BCUT2D eigenvalue weighted by atomic mass is 9.93. The van der Waals surface area contributed by atoms with Crippen molar-refractivity contribution in [2.75, 3.05) is 26.2 Å². The average Bonchev–Trinajstić information content (AvgIpc) is 2.45. The van der Waals surface area contributed by atoms with Crippen LogP contribution < -0.4 is 5.32 Å². The first-order valence-corrected chi connectivity index (χ1v) is 7.98. The molecule has 1 atom stereocenters. The second-order valence-corrected chi connectivity index (χ2v) is 6.57. The fraction of sp³-hybridized carbons (Fsp3) is 0.625. The standard InChI is InChI=1S/C16H22ClF3N2.ClH/c1-11(2)9-15(22-7-5-21-6-8-22)13-10-12(16(18,19)20)3-4-14(13)17;/h3-4,10-11,15,21H,5-9H2,1-2H3;1H/t15-;/m0./s1. The van der Waals surface area contributed by atoms with Gasteiger partial charge in [0.2, 0.25) is 0 Å². The van der Waals surface area contributed by atoms with Gasteiger partial charge in [0.05, 0.1) is 5.56 Å². The fourth-order valence-corrected chi connectivity index (χ4v) is 3.13. The third kappa shape index (κ3) is 5.52. The molecule has 0 unspecified atom stereocenters. The molecule has 1 saturated heterocycles. The molecule has 1 fully saturated rings. The van der Waals surface area contributed by atoms with E-state index >= 15 is 0 Å². The highest BCUT2D eigenvalue weighted by Crippen LogP contribution is 2.37. The van der Waals surface area contributed by atoms with Crippen molar-refractivity contribution in [2.45, 2.75) is 32.5 Å². The zero-order valence-corrected chi connectivity index (χ0v) is 14.9. The molecule has 0 aliphatic carbocycles. The lowest BCUT2D eigenvalue weighted by Gasteiger charge is -2.36. The Hall–Kier alpha value is -0.490. The molecule has 2 nitrogen and oxygen atoms in total. The molecule has 0 amide bonds. The number of piperazine rings is 1. The number of hydrogen-bond donors (Lipinski definition) is 1. The maximum atomic E-state index is 13.0. The molecule has 1 N–H and O–H groups in total. The molecule has 0 spiro atoms. The van der Waals surface area contributed by atoms with E-state index in [0.29, 0.717) is 16.5 Å².